The fourth-order valence-corrected chi connectivity index (χ4v) is 6.08. The molecule has 1 aromatic carbocycles. The van der Waals surface area contributed by atoms with Crippen LogP contribution in [-0.2, 0) is 9.84 Å². The molecule has 2 aliphatic rings. The maximum absolute atomic E-state index is 12.8. The number of aromatic nitrogens is 1. The van der Waals surface area contributed by atoms with Crippen molar-refractivity contribution in [2.24, 2.45) is 0 Å². The Morgan fingerprint density at radius 1 is 1.26 bits per heavy atom. The summed E-state index contributed by atoms with van der Waals surface area (Å²) in [5, 5.41) is 3.87. The summed E-state index contributed by atoms with van der Waals surface area (Å²) in [5.41, 5.74) is 1.25. The standard InChI is InChI=1S/C19H25N3O4S/c1-2-26-14-6-5-13-9-16(20-15(13)10-14)19(23)21-17-11-27(24,25)12-18(17)22-7-3-4-8-22/h5-6,9-10,17-18,20H,2-4,7-8,11-12H2,1H3,(H,21,23). The number of carbonyl (C=O) groups excluding carboxylic acids is 1. The number of amides is 1. The summed E-state index contributed by atoms with van der Waals surface area (Å²) in [5.74, 6) is 0.613. The Hall–Kier alpha value is -2.06. The Bertz CT molecular complexity index is 947. The molecule has 4 rings (SSSR count). The van der Waals surface area contributed by atoms with Crippen LogP contribution in [0.25, 0.3) is 10.9 Å². The van der Waals surface area contributed by atoms with Crippen molar-refractivity contribution in [1.29, 1.82) is 0 Å². The molecule has 2 aliphatic heterocycles. The molecular weight excluding hydrogens is 366 g/mol. The predicted molar refractivity (Wildman–Crippen MR) is 104 cm³/mol. The van der Waals surface area contributed by atoms with Gasteiger partial charge in [0.05, 0.1) is 24.2 Å². The number of nitrogens with one attached hydrogen (secondary N) is 2. The molecule has 0 radical (unpaired) electrons. The molecule has 2 unspecified atom stereocenters. The maximum Gasteiger partial charge on any atom is 0.268 e. The predicted octanol–water partition coefficient (Wildman–Crippen LogP) is 1.56. The molecule has 8 heteroatoms. The van der Waals surface area contributed by atoms with Crippen LogP contribution in [0.1, 0.15) is 30.3 Å². The van der Waals surface area contributed by atoms with Crippen molar-refractivity contribution < 1.29 is 17.9 Å². The van der Waals surface area contributed by atoms with Gasteiger partial charge in [-0.1, -0.05) is 0 Å². The maximum atomic E-state index is 12.8. The molecule has 3 heterocycles. The Labute approximate surface area is 159 Å². The first kappa shape index (κ1) is 18.3. The van der Waals surface area contributed by atoms with E-state index in [9.17, 15) is 13.2 Å². The van der Waals surface area contributed by atoms with E-state index in [2.05, 4.69) is 15.2 Å². The van der Waals surface area contributed by atoms with Crippen LogP contribution in [0.15, 0.2) is 24.3 Å². The van der Waals surface area contributed by atoms with Crippen LogP contribution in [0.3, 0.4) is 0 Å². The van der Waals surface area contributed by atoms with E-state index in [4.69, 9.17) is 4.74 Å². The van der Waals surface area contributed by atoms with Crippen LogP contribution in [0, 0.1) is 0 Å². The van der Waals surface area contributed by atoms with Gasteiger partial charge in [0, 0.05) is 23.0 Å². The number of ether oxygens (including phenoxy) is 1. The van der Waals surface area contributed by atoms with E-state index in [-0.39, 0.29) is 29.5 Å². The van der Waals surface area contributed by atoms with E-state index >= 15 is 0 Å². The largest absolute Gasteiger partial charge is 0.494 e. The average Bonchev–Trinajstić information content (AvgIpc) is 3.33. The molecule has 1 aromatic heterocycles. The molecule has 0 spiro atoms. The molecule has 2 saturated heterocycles. The summed E-state index contributed by atoms with van der Waals surface area (Å²) in [4.78, 5) is 18.1. The summed E-state index contributed by atoms with van der Waals surface area (Å²) >= 11 is 0. The average molecular weight is 391 g/mol. The zero-order chi connectivity index (χ0) is 19.0. The van der Waals surface area contributed by atoms with Crippen molar-refractivity contribution in [2.45, 2.75) is 31.8 Å². The number of likely N-dealkylation sites (tertiary alicyclic amines) is 1. The Balaban J connectivity index is 1.52. The first-order chi connectivity index (χ1) is 12.9. The molecule has 146 valence electrons. The minimum absolute atomic E-state index is 0.00855. The van der Waals surface area contributed by atoms with E-state index in [0.717, 1.165) is 42.6 Å². The first-order valence-corrected chi connectivity index (χ1v) is 11.3. The molecule has 2 N–H and O–H groups in total. The van der Waals surface area contributed by atoms with Crippen molar-refractivity contribution in [3.05, 3.63) is 30.0 Å². The van der Waals surface area contributed by atoms with Crippen LogP contribution in [0.4, 0.5) is 0 Å². The fourth-order valence-electron chi connectivity index (χ4n) is 4.13. The van der Waals surface area contributed by atoms with Crippen molar-refractivity contribution >= 4 is 26.6 Å². The van der Waals surface area contributed by atoms with Crippen molar-refractivity contribution in [2.75, 3.05) is 31.2 Å². The molecule has 1 amide bonds. The van der Waals surface area contributed by atoms with Gasteiger partial charge < -0.3 is 15.0 Å². The molecule has 0 saturated carbocycles. The molecule has 0 aliphatic carbocycles. The van der Waals surface area contributed by atoms with Crippen LogP contribution in [-0.4, -0.2) is 67.5 Å². The Morgan fingerprint density at radius 2 is 2.04 bits per heavy atom. The van der Waals surface area contributed by atoms with Crippen LogP contribution >= 0.6 is 0 Å². The van der Waals surface area contributed by atoms with E-state index in [1.165, 1.54) is 0 Å². The number of hydrogen-bond acceptors (Lipinski definition) is 5. The van der Waals surface area contributed by atoms with Crippen LogP contribution in [0.5, 0.6) is 5.75 Å². The van der Waals surface area contributed by atoms with Gasteiger partial charge in [-0.2, -0.15) is 0 Å². The highest BCUT2D eigenvalue weighted by atomic mass is 32.2. The van der Waals surface area contributed by atoms with Crippen molar-refractivity contribution in [1.82, 2.24) is 15.2 Å². The monoisotopic (exact) mass is 391 g/mol. The minimum atomic E-state index is -3.13. The quantitative estimate of drug-likeness (QED) is 0.807. The highest BCUT2D eigenvalue weighted by molar-refractivity contribution is 7.91. The number of hydrogen-bond donors (Lipinski definition) is 2. The zero-order valence-corrected chi connectivity index (χ0v) is 16.2. The molecule has 2 aromatic rings. The second kappa shape index (κ2) is 7.16. The van der Waals surface area contributed by atoms with Crippen LogP contribution < -0.4 is 10.1 Å². The highest BCUT2D eigenvalue weighted by Gasteiger charge is 2.42. The molecule has 2 fully saturated rings. The van der Waals surface area contributed by atoms with Crippen molar-refractivity contribution in [3.63, 3.8) is 0 Å². The highest BCUT2D eigenvalue weighted by Crippen LogP contribution is 2.24. The molecule has 27 heavy (non-hydrogen) atoms. The Morgan fingerprint density at radius 3 is 2.78 bits per heavy atom. The third kappa shape index (κ3) is 3.82. The lowest BCUT2D eigenvalue weighted by Gasteiger charge is -2.28. The summed E-state index contributed by atoms with van der Waals surface area (Å²) in [6.07, 6.45) is 2.17. The number of rotatable bonds is 5. The smallest absolute Gasteiger partial charge is 0.268 e. The number of sulfone groups is 1. The van der Waals surface area contributed by atoms with Gasteiger partial charge in [-0.05, 0) is 51.1 Å². The number of carbonyl (C=O) groups is 1. The van der Waals surface area contributed by atoms with Gasteiger partial charge in [0.15, 0.2) is 9.84 Å². The molecular formula is C19H25N3O4S. The third-order valence-electron chi connectivity index (χ3n) is 5.40. The minimum Gasteiger partial charge on any atom is -0.494 e. The Kier molecular flexibility index (Phi) is 4.86. The van der Waals surface area contributed by atoms with Gasteiger partial charge in [-0.25, -0.2) is 8.42 Å². The SMILES string of the molecule is CCOc1ccc2cc(C(=O)NC3CS(=O)(=O)CC3N3CCCC3)[nH]c2c1. The van der Waals surface area contributed by atoms with Crippen LogP contribution in [0.2, 0.25) is 0 Å². The first-order valence-electron chi connectivity index (χ1n) is 9.46. The normalized spacial score (nSPS) is 25.1. The van der Waals surface area contributed by atoms with E-state index in [0.29, 0.717) is 12.3 Å². The van der Waals surface area contributed by atoms with E-state index < -0.39 is 9.84 Å². The lowest BCUT2D eigenvalue weighted by molar-refractivity contribution is 0.0914. The molecule has 0 bridgehead atoms. The van der Waals surface area contributed by atoms with Gasteiger partial charge >= 0.3 is 0 Å². The fraction of sp³-hybridized carbons (Fsp3) is 0.526. The zero-order valence-electron chi connectivity index (χ0n) is 15.4. The van der Waals surface area contributed by atoms with Gasteiger partial charge in [-0.15, -0.1) is 0 Å². The number of nitrogens with zero attached hydrogens (tertiary/aromatic N) is 1. The van der Waals surface area contributed by atoms with E-state index in [1.807, 2.05) is 25.1 Å². The second-order valence-electron chi connectivity index (χ2n) is 7.33. The summed E-state index contributed by atoms with van der Waals surface area (Å²) < 4.78 is 29.8. The summed E-state index contributed by atoms with van der Waals surface area (Å²) in [7, 11) is -3.13. The van der Waals surface area contributed by atoms with Gasteiger partial charge in [0.25, 0.3) is 5.91 Å². The number of fused-ring (bicyclic) bond motifs is 1. The van der Waals surface area contributed by atoms with Crippen molar-refractivity contribution in [3.8, 4) is 5.75 Å². The molecule has 2 atom stereocenters. The number of H-pyrrole nitrogens is 1. The van der Waals surface area contributed by atoms with E-state index in [1.54, 1.807) is 6.07 Å². The van der Waals surface area contributed by atoms with Gasteiger partial charge in [0.2, 0.25) is 0 Å². The second-order valence-corrected chi connectivity index (χ2v) is 9.49. The summed E-state index contributed by atoms with van der Waals surface area (Å²) in [6.45, 7) is 4.30. The lowest BCUT2D eigenvalue weighted by atomic mass is 10.1. The third-order valence-corrected chi connectivity index (χ3v) is 7.11. The van der Waals surface area contributed by atoms with Gasteiger partial charge in [-0.3, -0.25) is 9.69 Å². The lowest BCUT2D eigenvalue weighted by Crippen LogP contribution is -2.50. The number of benzene rings is 1. The molecule has 7 nitrogen and oxygen atoms in total. The topological polar surface area (TPSA) is 91.5 Å². The summed E-state index contributed by atoms with van der Waals surface area (Å²) in [6, 6.07) is 6.92. The number of aromatic amines is 1. The van der Waals surface area contributed by atoms with Gasteiger partial charge in [0.1, 0.15) is 11.4 Å².